The number of carbonyl (C=O) groups excluding carboxylic acids is 1. The van der Waals surface area contributed by atoms with Crippen LogP contribution in [-0.4, -0.2) is 38.3 Å². The molecule has 0 radical (unpaired) electrons. The van der Waals surface area contributed by atoms with E-state index in [0.717, 1.165) is 21.8 Å². The SMILES string of the molecule is NC(=O)c1ccc2ncc3cn[nH]c3c2c1.O=C(O)C(F)(F)F. The molecule has 23 heavy (non-hydrogen) atoms. The number of primary amides is 1. The summed E-state index contributed by atoms with van der Waals surface area (Å²) in [6.45, 7) is 0. The van der Waals surface area contributed by atoms with Crippen LogP contribution in [0.15, 0.2) is 30.6 Å². The predicted octanol–water partition coefficient (Wildman–Crippen LogP) is 1.84. The third kappa shape index (κ3) is 3.54. The molecule has 2 aromatic heterocycles. The molecule has 1 amide bonds. The maximum absolute atomic E-state index is 11.1. The zero-order valence-corrected chi connectivity index (χ0v) is 11.3. The first-order valence-corrected chi connectivity index (χ1v) is 6.02. The fourth-order valence-corrected chi connectivity index (χ4v) is 1.75. The summed E-state index contributed by atoms with van der Waals surface area (Å²) in [6.07, 6.45) is -1.65. The van der Waals surface area contributed by atoms with Crippen LogP contribution in [0.25, 0.3) is 21.8 Å². The van der Waals surface area contributed by atoms with Crippen LogP contribution in [0, 0.1) is 0 Å². The number of fused-ring (bicyclic) bond motifs is 3. The van der Waals surface area contributed by atoms with Crippen LogP contribution in [0.1, 0.15) is 10.4 Å². The standard InChI is InChI=1S/C11H8N4O.C2HF3O2/c12-11(16)6-1-2-9-8(3-6)10-7(4-13-9)5-14-15-10;3-2(4,5)1(6)7/h1-5H,(H2,12,16)(H,14,15);(H,6,7). The molecule has 4 N–H and O–H groups in total. The number of carboxylic acids is 1. The highest BCUT2D eigenvalue weighted by molar-refractivity contribution is 6.06. The second-order valence-electron chi connectivity index (χ2n) is 4.36. The van der Waals surface area contributed by atoms with Crippen molar-refractivity contribution in [1.29, 1.82) is 0 Å². The molecule has 0 spiro atoms. The Hall–Kier alpha value is -3.17. The highest BCUT2D eigenvalue weighted by Crippen LogP contribution is 2.22. The first-order valence-electron chi connectivity index (χ1n) is 6.02. The van der Waals surface area contributed by atoms with Gasteiger partial charge in [0.25, 0.3) is 0 Å². The van der Waals surface area contributed by atoms with Gasteiger partial charge >= 0.3 is 12.1 Å². The molecule has 120 valence electrons. The number of amides is 1. The number of H-pyrrole nitrogens is 1. The van der Waals surface area contributed by atoms with Gasteiger partial charge in [0.05, 0.1) is 17.2 Å². The molecule has 0 saturated heterocycles. The molecule has 0 aliphatic carbocycles. The van der Waals surface area contributed by atoms with Gasteiger partial charge in [-0.25, -0.2) is 4.79 Å². The summed E-state index contributed by atoms with van der Waals surface area (Å²) in [5.74, 6) is -3.20. The number of hydrogen-bond donors (Lipinski definition) is 3. The van der Waals surface area contributed by atoms with E-state index in [1.54, 1.807) is 30.6 Å². The van der Waals surface area contributed by atoms with E-state index in [9.17, 15) is 18.0 Å². The summed E-state index contributed by atoms with van der Waals surface area (Å²) in [6, 6.07) is 5.17. The molecule has 0 unspecified atom stereocenters. The highest BCUT2D eigenvalue weighted by atomic mass is 19.4. The van der Waals surface area contributed by atoms with Crippen LogP contribution in [0.4, 0.5) is 13.2 Å². The lowest BCUT2D eigenvalue weighted by Gasteiger charge is -2.00. The van der Waals surface area contributed by atoms with Crippen molar-refractivity contribution < 1.29 is 27.9 Å². The summed E-state index contributed by atoms with van der Waals surface area (Å²) in [5, 5.41) is 15.7. The Balaban J connectivity index is 0.000000236. The van der Waals surface area contributed by atoms with Gasteiger partial charge in [0.2, 0.25) is 5.91 Å². The van der Waals surface area contributed by atoms with Gasteiger partial charge in [0.1, 0.15) is 0 Å². The van der Waals surface area contributed by atoms with Crippen molar-refractivity contribution in [3.8, 4) is 0 Å². The molecular weight excluding hydrogens is 317 g/mol. The van der Waals surface area contributed by atoms with Crippen molar-refractivity contribution in [3.63, 3.8) is 0 Å². The van der Waals surface area contributed by atoms with Crippen LogP contribution >= 0.6 is 0 Å². The number of pyridine rings is 1. The molecule has 0 aliphatic rings. The van der Waals surface area contributed by atoms with Crippen molar-refractivity contribution in [2.24, 2.45) is 5.73 Å². The van der Waals surface area contributed by atoms with Crippen LogP contribution in [-0.2, 0) is 4.79 Å². The number of carboxylic acid groups (broad SMARTS) is 1. The molecule has 3 rings (SSSR count). The number of nitrogens with zero attached hydrogens (tertiary/aromatic N) is 2. The normalized spacial score (nSPS) is 11.1. The molecule has 3 aromatic rings. The Kier molecular flexibility index (Phi) is 4.16. The number of nitrogens with two attached hydrogens (primary N) is 1. The summed E-state index contributed by atoms with van der Waals surface area (Å²) in [7, 11) is 0. The van der Waals surface area contributed by atoms with Crippen molar-refractivity contribution in [3.05, 3.63) is 36.2 Å². The number of aliphatic carboxylic acids is 1. The van der Waals surface area contributed by atoms with E-state index in [1.165, 1.54) is 0 Å². The topological polar surface area (TPSA) is 122 Å². The zero-order valence-electron chi connectivity index (χ0n) is 11.3. The van der Waals surface area contributed by atoms with Crippen LogP contribution in [0.5, 0.6) is 0 Å². The van der Waals surface area contributed by atoms with Crippen molar-refractivity contribution >= 4 is 33.7 Å². The number of alkyl halides is 3. The van der Waals surface area contributed by atoms with Crippen LogP contribution in [0.3, 0.4) is 0 Å². The quantitative estimate of drug-likeness (QED) is 0.630. The largest absolute Gasteiger partial charge is 0.490 e. The van der Waals surface area contributed by atoms with Gasteiger partial charge in [0.15, 0.2) is 0 Å². The minimum atomic E-state index is -5.08. The Labute approximate surface area is 125 Å². The summed E-state index contributed by atoms with van der Waals surface area (Å²) in [4.78, 5) is 24.3. The van der Waals surface area contributed by atoms with Crippen LogP contribution < -0.4 is 5.73 Å². The Morgan fingerprint density at radius 3 is 2.43 bits per heavy atom. The first-order chi connectivity index (χ1) is 10.7. The molecule has 0 atom stereocenters. The van der Waals surface area contributed by atoms with E-state index < -0.39 is 18.1 Å². The molecule has 0 saturated carbocycles. The lowest BCUT2D eigenvalue weighted by atomic mass is 10.1. The number of aromatic nitrogens is 3. The maximum atomic E-state index is 11.1. The number of benzene rings is 1. The average molecular weight is 326 g/mol. The van der Waals surface area contributed by atoms with E-state index >= 15 is 0 Å². The van der Waals surface area contributed by atoms with Gasteiger partial charge in [-0.15, -0.1) is 0 Å². The number of aromatic amines is 1. The summed E-state index contributed by atoms with van der Waals surface area (Å²) < 4.78 is 31.7. The molecule has 7 nitrogen and oxygen atoms in total. The van der Waals surface area contributed by atoms with E-state index in [1.807, 2.05) is 0 Å². The Bertz CT molecular complexity index is 889. The zero-order chi connectivity index (χ0) is 17.2. The third-order valence-electron chi connectivity index (χ3n) is 2.80. The Morgan fingerprint density at radius 2 is 1.87 bits per heavy atom. The fraction of sp³-hybridized carbons (Fsp3) is 0.0769. The van der Waals surface area contributed by atoms with Gasteiger partial charge in [0, 0.05) is 22.5 Å². The summed E-state index contributed by atoms with van der Waals surface area (Å²) >= 11 is 0. The maximum Gasteiger partial charge on any atom is 0.490 e. The number of rotatable bonds is 1. The molecule has 1 aromatic carbocycles. The molecular formula is C13H9F3N4O3. The summed E-state index contributed by atoms with van der Waals surface area (Å²) in [5.41, 5.74) is 7.38. The number of carbonyl (C=O) groups is 2. The van der Waals surface area contributed by atoms with E-state index in [2.05, 4.69) is 15.2 Å². The number of halogens is 3. The number of nitrogens with one attached hydrogen (secondary N) is 1. The second kappa shape index (κ2) is 5.91. The molecule has 10 heteroatoms. The lowest BCUT2D eigenvalue weighted by molar-refractivity contribution is -0.192. The Morgan fingerprint density at radius 1 is 1.22 bits per heavy atom. The first kappa shape index (κ1) is 16.2. The van der Waals surface area contributed by atoms with E-state index in [0.29, 0.717) is 5.56 Å². The van der Waals surface area contributed by atoms with E-state index in [4.69, 9.17) is 15.6 Å². The van der Waals surface area contributed by atoms with Crippen LogP contribution in [0.2, 0.25) is 0 Å². The van der Waals surface area contributed by atoms with Gasteiger partial charge in [-0.3, -0.25) is 14.9 Å². The van der Waals surface area contributed by atoms with Crippen molar-refractivity contribution in [1.82, 2.24) is 15.2 Å². The minimum Gasteiger partial charge on any atom is -0.475 e. The average Bonchev–Trinajstić information content (AvgIpc) is 2.95. The van der Waals surface area contributed by atoms with Crippen molar-refractivity contribution in [2.45, 2.75) is 6.18 Å². The molecule has 0 aliphatic heterocycles. The fourth-order valence-electron chi connectivity index (χ4n) is 1.75. The van der Waals surface area contributed by atoms with E-state index in [-0.39, 0.29) is 0 Å². The lowest BCUT2D eigenvalue weighted by Crippen LogP contribution is -2.21. The number of hydrogen-bond acceptors (Lipinski definition) is 4. The molecule has 2 heterocycles. The highest BCUT2D eigenvalue weighted by Gasteiger charge is 2.38. The van der Waals surface area contributed by atoms with Gasteiger partial charge in [-0.1, -0.05) is 0 Å². The van der Waals surface area contributed by atoms with Crippen molar-refractivity contribution in [2.75, 3.05) is 0 Å². The monoisotopic (exact) mass is 326 g/mol. The molecule has 0 bridgehead atoms. The van der Waals surface area contributed by atoms with Gasteiger partial charge in [-0.2, -0.15) is 18.3 Å². The van der Waals surface area contributed by atoms with Gasteiger partial charge < -0.3 is 10.8 Å². The second-order valence-corrected chi connectivity index (χ2v) is 4.36. The van der Waals surface area contributed by atoms with Gasteiger partial charge in [-0.05, 0) is 18.2 Å². The third-order valence-corrected chi connectivity index (χ3v) is 2.80. The predicted molar refractivity (Wildman–Crippen MR) is 73.6 cm³/mol. The minimum absolute atomic E-state index is 0.446. The smallest absolute Gasteiger partial charge is 0.475 e. The molecule has 0 fully saturated rings.